The molecule has 1 saturated heterocycles. The number of nitrogens with zero attached hydrogens (tertiary/aromatic N) is 3. The van der Waals surface area contributed by atoms with Crippen molar-refractivity contribution in [2.75, 3.05) is 58.1 Å². The maximum Gasteiger partial charge on any atom is 0.258 e. The zero-order chi connectivity index (χ0) is 20.5. The summed E-state index contributed by atoms with van der Waals surface area (Å²) in [5, 5.41) is 2.75. The van der Waals surface area contributed by atoms with Crippen LogP contribution in [0.25, 0.3) is 0 Å². The number of morpholine rings is 1. The highest BCUT2D eigenvalue weighted by Crippen LogP contribution is 2.19. The van der Waals surface area contributed by atoms with E-state index in [0.29, 0.717) is 49.6 Å². The number of carbonyl (C=O) groups excluding carboxylic acids is 1. The molecule has 1 aliphatic rings. The van der Waals surface area contributed by atoms with E-state index in [4.69, 9.17) is 18.9 Å². The number of hydrogen-bond acceptors (Lipinski definition) is 8. The number of rotatable bonds is 9. The van der Waals surface area contributed by atoms with Crippen LogP contribution in [-0.2, 0) is 9.53 Å². The molecular weight excluding hydrogens is 376 g/mol. The van der Waals surface area contributed by atoms with Crippen molar-refractivity contribution in [1.82, 2.24) is 15.3 Å². The molecule has 0 radical (unpaired) electrons. The predicted octanol–water partition coefficient (Wildman–Crippen LogP) is 1.20. The molecule has 0 atom stereocenters. The molecule has 0 spiro atoms. The van der Waals surface area contributed by atoms with Gasteiger partial charge in [0.2, 0.25) is 5.88 Å². The molecule has 1 aromatic carbocycles. The van der Waals surface area contributed by atoms with Gasteiger partial charge in [0.05, 0.1) is 26.9 Å². The van der Waals surface area contributed by atoms with Crippen molar-refractivity contribution in [1.29, 1.82) is 0 Å². The van der Waals surface area contributed by atoms with Crippen LogP contribution in [0.15, 0.2) is 30.3 Å². The van der Waals surface area contributed by atoms with E-state index >= 15 is 0 Å². The van der Waals surface area contributed by atoms with Gasteiger partial charge in [-0.2, -0.15) is 4.98 Å². The standard InChI is InChI=1S/C20H26N4O5/c1-15-22-18(24-7-10-27-11-8-24)13-20(23-15)28-9-6-21-19(25)14-29-17-5-3-4-16(12-17)26-2/h3-5,12-13H,6-11,14H2,1-2H3,(H,21,25). The van der Waals surface area contributed by atoms with Gasteiger partial charge in [0.25, 0.3) is 5.91 Å². The number of aryl methyl sites for hydroxylation is 1. The zero-order valence-electron chi connectivity index (χ0n) is 16.7. The van der Waals surface area contributed by atoms with E-state index in [-0.39, 0.29) is 12.5 Å². The highest BCUT2D eigenvalue weighted by Gasteiger charge is 2.14. The van der Waals surface area contributed by atoms with Gasteiger partial charge in [0, 0.05) is 25.2 Å². The summed E-state index contributed by atoms with van der Waals surface area (Å²) in [7, 11) is 1.58. The van der Waals surface area contributed by atoms with Crippen LogP contribution < -0.4 is 24.4 Å². The van der Waals surface area contributed by atoms with Gasteiger partial charge in [-0.05, 0) is 19.1 Å². The van der Waals surface area contributed by atoms with Crippen LogP contribution in [0.1, 0.15) is 5.82 Å². The van der Waals surface area contributed by atoms with E-state index < -0.39 is 0 Å². The van der Waals surface area contributed by atoms with Crippen LogP contribution in [-0.4, -0.2) is 69.0 Å². The van der Waals surface area contributed by atoms with Crippen molar-refractivity contribution in [2.24, 2.45) is 0 Å². The van der Waals surface area contributed by atoms with E-state index in [0.717, 1.165) is 18.9 Å². The number of hydrogen-bond donors (Lipinski definition) is 1. The Morgan fingerprint density at radius 1 is 1.17 bits per heavy atom. The lowest BCUT2D eigenvalue weighted by Gasteiger charge is -2.28. The fraction of sp³-hybridized carbons (Fsp3) is 0.450. The summed E-state index contributed by atoms with van der Waals surface area (Å²) >= 11 is 0. The number of amides is 1. The average molecular weight is 402 g/mol. The smallest absolute Gasteiger partial charge is 0.258 e. The maximum absolute atomic E-state index is 11.9. The van der Waals surface area contributed by atoms with Crippen LogP contribution in [0.5, 0.6) is 17.4 Å². The Bertz CT molecular complexity index is 811. The van der Waals surface area contributed by atoms with Gasteiger partial charge in [0.1, 0.15) is 29.7 Å². The minimum atomic E-state index is -0.232. The second kappa shape index (κ2) is 10.5. The first kappa shape index (κ1) is 20.7. The lowest BCUT2D eigenvalue weighted by molar-refractivity contribution is -0.123. The molecule has 1 amide bonds. The molecule has 1 aliphatic heterocycles. The molecule has 1 N–H and O–H groups in total. The summed E-state index contributed by atoms with van der Waals surface area (Å²) in [6, 6.07) is 8.91. The van der Waals surface area contributed by atoms with Gasteiger partial charge in [-0.3, -0.25) is 4.79 Å². The van der Waals surface area contributed by atoms with Gasteiger partial charge in [-0.15, -0.1) is 0 Å². The number of anilines is 1. The van der Waals surface area contributed by atoms with Gasteiger partial charge < -0.3 is 29.2 Å². The topological polar surface area (TPSA) is 95.0 Å². The molecule has 0 saturated carbocycles. The molecule has 29 heavy (non-hydrogen) atoms. The number of aromatic nitrogens is 2. The first-order valence-corrected chi connectivity index (χ1v) is 9.49. The Hall–Kier alpha value is -3.07. The van der Waals surface area contributed by atoms with E-state index in [1.807, 2.05) is 19.1 Å². The Morgan fingerprint density at radius 3 is 2.76 bits per heavy atom. The summed E-state index contributed by atoms with van der Waals surface area (Å²) in [6.07, 6.45) is 0. The second-order valence-corrected chi connectivity index (χ2v) is 6.38. The van der Waals surface area contributed by atoms with Gasteiger partial charge in [-0.1, -0.05) is 6.07 Å². The Balaban J connectivity index is 1.40. The second-order valence-electron chi connectivity index (χ2n) is 6.38. The van der Waals surface area contributed by atoms with Crippen molar-refractivity contribution in [2.45, 2.75) is 6.92 Å². The number of ether oxygens (including phenoxy) is 4. The van der Waals surface area contributed by atoms with E-state index in [1.165, 1.54) is 0 Å². The molecule has 0 bridgehead atoms. The molecule has 2 heterocycles. The fourth-order valence-corrected chi connectivity index (χ4v) is 2.79. The van der Waals surface area contributed by atoms with Crippen molar-refractivity contribution >= 4 is 11.7 Å². The quantitative estimate of drug-likeness (QED) is 0.626. The Morgan fingerprint density at radius 2 is 1.97 bits per heavy atom. The molecule has 2 aromatic rings. The maximum atomic E-state index is 11.9. The summed E-state index contributed by atoms with van der Waals surface area (Å²) < 4.78 is 21.6. The molecular formula is C20H26N4O5. The zero-order valence-corrected chi connectivity index (χ0v) is 16.7. The van der Waals surface area contributed by atoms with Crippen LogP contribution in [0.2, 0.25) is 0 Å². The van der Waals surface area contributed by atoms with Gasteiger partial charge in [-0.25, -0.2) is 4.98 Å². The SMILES string of the molecule is COc1cccc(OCC(=O)NCCOc2cc(N3CCOCC3)nc(C)n2)c1. The van der Waals surface area contributed by atoms with Gasteiger partial charge in [0.15, 0.2) is 6.61 Å². The minimum Gasteiger partial charge on any atom is -0.497 e. The monoisotopic (exact) mass is 402 g/mol. The Labute approximate surface area is 169 Å². The largest absolute Gasteiger partial charge is 0.497 e. The van der Waals surface area contributed by atoms with Crippen LogP contribution in [0.4, 0.5) is 5.82 Å². The van der Waals surface area contributed by atoms with Crippen LogP contribution >= 0.6 is 0 Å². The van der Waals surface area contributed by atoms with Crippen molar-refractivity contribution < 1.29 is 23.7 Å². The normalized spacial score (nSPS) is 13.7. The summed E-state index contributed by atoms with van der Waals surface area (Å²) in [5.74, 6) is 2.96. The minimum absolute atomic E-state index is 0.0824. The third-order valence-corrected chi connectivity index (χ3v) is 4.22. The predicted molar refractivity (Wildman–Crippen MR) is 107 cm³/mol. The fourth-order valence-electron chi connectivity index (χ4n) is 2.79. The molecule has 1 fully saturated rings. The summed E-state index contributed by atoms with van der Waals surface area (Å²) in [4.78, 5) is 22.8. The summed E-state index contributed by atoms with van der Waals surface area (Å²) in [6.45, 7) is 5.33. The van der Waals surface area contributed by atoms with E-state index in [1.54, 1.807) is 25.3 Å². The van der Waals surface area contributed by atoms with Gasteiger partial charge >= 0.3 is 0 Å². The van der Waals surface area contributed by atoms with Crippen molar-refractivity contribution in [3.05, 3.63) is 36.2 Å². The number of benzene rings is 1. The number of nitrogens with one attached hydrogen (secondary N) is 1. The van der Waals surface area contributed by atoms with Crippen molar-refractivity contribution in [3.63, 3.8) is 0 Å². The molecule has 9 nitrogen and oxygen atoms in total. The third kappa shape index (κ3) is 6.49. The molecule has 1 aromatic heterocycles. The first-order valence-electron chi connectivity index (χ1n) is 9.49. The lowest BCUT2D eigenvalue weighted by Crippen LogP contribution is -2.37. The van der Waals surface area contributed by atoms with Crippen LogP contribution in [0.3, 0.4) is 0 Å². The Kier molecular flexibility index (Phi) is 7.46. The summed E-state index contributed by atoms with van der Waals surface area (Å²) in [5.41, 5.74) is 0. The highest BCUT2D eigenvalue weighted by molar-refractivity contribution is 5.77. The number of methoxy groups -OCH3 is 1. The molecule has 156 valence electrons. The first-order chi connectivity index (χ1) is 14.1. The number of carbonyl (C=O) groups is 1. The van der Waals surface area contributed by atoms with E-state index in [2.05, 4.69) is 20.2 Å². The molecule has 0 aliphatic carbocycles. The molecule has 0 unspecified atom stereocenters. The lowest BCUT2D eigenvalue weighted by atomic mass is 10.3. The highest BCUT2D eigenvalue weighted by atomic mass is 16.5. The third-order valence-electron chi connectivity index (χ3n) is 4.22. The average Bonchev–Trinajstić information content (AvgIpc) is 2.75. The van der Waals surface area contributed by atoms with Crippen LogP contribution in [0, 0.1) is 6.92 Å². The van der Waals surface area contributed by atoms with E-state index in [9.17, 15) is 4.79 Å². The molecule has 3 rings (SSSR count). The van der Waals surface area contributed by atoms with Crippen molar-refractivity contribution in [3.8, 4) is 17.4 Å². The molecule has 9 heteroatoms.